The van der Waals surface area contributed by atoms with E-state index in [0.29, 0.717) is 5.52 Å². The third-order valence-electron chi connectivity index (χ3n) is 1.29. The highest BCUT2D eigenvalue weighted by Gasteiger charge is 1.96. The number of aromatic amines is 1. The van der Waals surface area contributed by atoms with Crippen molar-refractivity contribution in [3.63, 3.8) is 0 Å². The molecule has 0 aliphatic rings. The maximum atomic E-state index is 12.4. The maximum Gasteiger partial charge on any atom is 0.213 e. The molecule has 0 aliphatic heterocycles. The first-order chi connectivity index (χ1) is 4.86. The molecule has 0 amide bonds. The van der Waals surface area contributed by atoms with Crippen molar-refractivity contribution in [1.29, 1.82) is 0 Å². The lowest BCUT2D eigenvalue weighted by Crippen LogP contribution is -1.78. The smallest absolute Gasteiger partial charge is 0.213 e. The maximum absolute atomic E-state index is 12.4. The van der Waals surface area contributed by atoms with Gasteiger partial charge in [0, 0.05) is 17.6 Å². The van der Waals surface area contributed by atoms with Crippen LogP contribution in [0, 0.1) is 5.95 Å². The fourth-order valence-electron chi connectivity index (χ4n) is 0.817. The molecule has 4 heteroatoms. The van der Waals surface area contributed by atoms with Gasteiger partial charge in [0.05, 0.1) is 6.20 Å². The van der Waals surface area contributed by atoms with E-state index in [1.165, 1.54) is 12.3 Å². The predicted octanol–water partition coefficient (Wildman–Crippen LogP) is 1.10. The van der Waals surface area contributed by atoms with E-state index < -0.39 is 5.95 Å². The minimum Gasteiger partial charge on any atom is -0.284 e. The van der Waals surface area contributed by atoms with Crippen molar-refractivity contribution in [2.45, 2.75) is 0 Å². The van der Waals surface area contributed by atoms with Crippen molar-refractivity contribution in [1.82, 2.24) is 15.2 Å². The largest absolute Gasteiger partial charge is 0.284 e. The lowest BCUT2D eigenvalue weighted by atomic mass is 10.3. The lowest BCUT2D eigenvalue weighted by Gasteiger charge is -1.84. The Morgan fingerprint density at radius 2 is 2.40 bits per heavy atom. The van der Waals surface area contributed by atoms with Crippen LogP contribution in [0.2, 0.25) is 0 Å². The molecule has 50 valence electrons. The monoisotopic (exact) mass is 137 g/mol. The van der Waals surface area contributed by atoms with Gasteiger partial charge in [0.25, 0.3) is 0 Å². The number of nitrogens with one attached hydrogen (secondary N) is 1. The highest BCUT2D eigenvalue weighted by molar-refractivity contribution is 5.76. The van der Waals surface area contributed by atoms with E-state index in [9.17, 15) is 4.39 Å². The summed E-state index contributed by atoms with van der Waals surface area (Å²) in [5.41, 5.74) is 0.682. The summed E-state index contributed by atoms with van der Waals surface area (Å²) in [6, 6.07) is 1.33. The van der Waals surface area contributed by atoms with Crippen molar-refractivity contribution in [3.8, 4) is 0 Å². The quantitative estimate of drug-likeness (QED) is 0.552. The van der Waals surface area contributed by atoms with Crippen LogP contribution in [0.4, 0.5) is 4.39 Å². The van der Waals surface area contributed by atoms with Crippen LogP contribution in [0.15, 0.2) is 18.5 Å². The van der Waals surface area contributed by atoms with Crippen molar-refractivity contribution < 1.29 is 4.39 Å². The third-order valence-corrected chi connectivity index (χ3v) is 1.29. The SMILES string of the molecule is Fc1cc2c[nH]nc2cn1. The zero-order chi connectivity index (χ0) is 6.97. The van der Waals surface area contributed by atoms with E-state index in [1.807, 2.05) is 0 Å². The lowest BCUT2D eigenvalue weighted by molar-refractivity contribution is 0.586. The average Bonchev–Trinajstić information content (AvgIpc) is 2.33. The molecule has 3 nitrogen and oxygen atoms in total. The Morgan fingerprint density at radius 3 is 3.30 bits per heavy atom. The minimum atomic E-state index is -0.478. The Bertz CT molecular complexity index is 355. The van der Waals surface area contributed by atoms with Crippen LogP contribution >= 0.6 is 0 Å². The number of fused-ring (bicyclic) bond motifs is 1. The Hall–Kier alpha value is -1.45. The fraction of sp³-hybridized carbons (Fsp3) is 0. The summed E-state index contributed by atoms with van der Waals surface area (Å²) in [5, 5.41) is 7.16. The number of aromatic nitrogens is 3. The van der Waals surface area contributed by atoms with Gasteiger partial charge in [0.1, 0.15) is 5.52 Å². The first kappa shape index (κ1) is 5.34. The van der Waals surface area contributed by atoms with Gasteiger partial charge < -0.3 is 0 Å². The van der Waals surface area contributed by atoms with Gasteiger partial charge >= 0.3 is 0 Å². The summed E-state index contributed by atoms with van der Waals surface area (Å²) in [6.45, 7) is 0. The second-order valence-corrected chi connectivity index (χ2v) is 1.95. The molecule has 0 spiro atoms. The van der Waals surface area contributed by atoms with Gasteiger partial charge in [-0.15, -0.1) is 0 Å². The van der Waals surface area contributed by atoms with Gasteiger partial charge in [-0.1, -0.05) is 0 Å². The summed E-state index contributed by atoms with van der Waals surface area (Å²) in [4.78, 5) is 3.43. The molecule has 0 fully saturated rings. The normalized spacial score (nSPS) is 10.5. The second kappa shape index (κ2) is 1.76. The standard InChI is InChI=1S/C6H4FN3/c7-6-1-4-2-9-10-5(4)3-8-6/h1-3H,(H,9,10). The van der Waals surface area contributed by atoms with Gasteiger partial charge in [-0.05, 0) is 0 Å². The van der Waals surface area contributed by atoms with Crippen LogP contribution in [-0.4, -0.2) is 15.2 Å². The molecular weight excluding hydrogens is 133 g/mol. The molecule has 0 bridgehead atoms. The number of pyridine rings is 1. The molecule has 0 atom stereocenters. The second-order valence-electron chi connectivity index (χ2n) is 1.95. The zero-order valence-electron chi connectivity index (χ0n) is 5.00. The zero-order valence-corrected chi connectivity index (χ0v) is 5.00. The predicted molar refractivity (Wildman–Crippen MR) is 33.8 cm³/mol. The van der Waals surface area contributed by atoms with Gasteiger partial charge in [0.15, 0.2) is 0 Å². The van der Waals surface area contributed by atoms with Crippen molar-refractivity contribution in [2.24, 2.45) is 0 Å². The van der Waals surface area contributed by atoms with E-state index in [4.69, 9.17) is 0 Å². The van der Waals surface area contributed by atoms with Crippen LogP contribution in [-0.2, 0) is 0 Å². The number of rotatable bonds is 0. The molecule has 0 unspecified atom stereocenters. The Morgan fingerprint density at radius 1 is 1.50 bits per heavy atom. The molecule has 2 aromatic rings. The summed E-state index contributed by atoms with van der Waals surface area (Å²) in [5.74, 6) is -0.478. The first-order valence-corrected chi connectivity index (χ1v) is 2.81. The molecule has 0 aromatic carbocycles. The summed E-state index contributed by atoms with van der Waals surface area (Å²) in [6.07, 6.45) is 3.02. The Balaban J connectivity index is 2.86. The van der Waals surface area contributed by atoms with Crippen LogP contribution in [0.3, 0.4) is 0 Å². The van der Waals surface area contributed by atoms with Crippen molar-refractivity contribution >= 4 is 10.9 Å². The van der Waals surface area contributed by atoms with E-state index in [0.717, 1.165) is 5.39 Å². The molecule has 0 saturated carbocycles. The molecule has 1 N–H and O–H groups in total. The third kappa shape index (κ3) is 0.655. The van der Waals surface area contributed by atoms with Crippen LogP contribution in [0.5, 0.6) is 0 Å². The summed E-state index contributed by atoms with van der Waals surface area (Å²) in [7, 11) is 0. The number of nitrogens with zero attached hydrogens (tertiary/aromatic N) is 2. The Kier molecular flexibility index (Phi) is 0.943. The molecule has 2 aromatic heterocycles. The summed E-state index contributed by atoms with van der Waals surface area (Å²) < 4.78 is 12.4. The van der Waals surface area contributed by atoms with Crippen molar-refractivity contribution in [3.05, 3.63) is 24.4 Å². The number of H-pyrrole nitrogens is 1. The highest BCUT2D eigenvalue weighted by Crippen LogP contribution is 2.08. The molecule has 0 saturated heterocycles. The van der Waals surface area contributed by atoms with Crippen LogP contribution in [0.1, 0.15) is 0 Å². The molecule has 0 aliphatic carbocycles. The number of halogens is 1. The molecule has 0 radical (unpaired) electrons. The molecular formula is C6H4FN3. The minimum absolute atomic E-state index is 0.478. The molecule has 2 rings (SSSR count). The average molecular weight is 137 g/mol. The van der Waals surface area contributed by atoms with E-state index >= 15 is 0 Å². The van der Waals surface area contributed by atoms with Gasteiger partial charge in [-0.25, -0.2) is 4.98 Å². The molecule has 10 heavy (non-hydrogen) atoms. The number of hydrogen-bond donors (Lipinski definition) is 1. The molecule has 2 heterocycles. The van der Waals surface area contributed by atoms with E-state index in [-0.39, 0.29) is 0 Å². The first-order valence-electron chi connectivity index (χ1n) is 2.81. The Labute approximate surface area is 55.9 Å². The van der Waals surface area contributed by atoms with E-state index in [1.54, 1.807) is 6.20 Å². The fourth-order valence-corrected chi connectivity index (χ4v) is 0.817. The van der Waals surface area contributed by atoms with Gasteiger partial charge in [0.2, 0.25) is 5.95 Å². The van der Waals surface area contributed by atoms with Crippen LogP contribution < -0.4 is 0 Å². The highest BCUT2D eigenvalue weighted by atomic mass is 19.1. The topological polar surface area (TPSA) is 41.6 Å². The van der Waals surface area contributed by atoms with E-state index in [2.05, 4.69) is 15.2 Å². The van der Waals surface area contributed by atoms with Gasteiger partial charge in [-0.2, -0.15) is 9.49 Å². The van der Waals surface area contributed by atoms with Crippen LogP contribution in [0.25, 0.3) is 10.9 Å². The number of hydrogen-bond acceptors (Lipinski definition) is 2. The summed E-state index contributed by atoms with van der Waals surface area (Å²) >= 11 is 0. The van der Waals surface area contributed by atoms with Crippen molar-refractivity contribution in [2.75, 3.05) is 0 Å². The van der Waals surface area contributed by atoms with Gasteiger partial charge in [-0.3, -0.25) is 5.10 Å².